The van der Waals surface area contributed by atoms with E-state index in [0.717, 1.165) is 18.2 Å². The Labute approximate surface area is 118 Å². The second kappa shape index (κ2) is 5.34. The molecule has 0 aromatic heterocycles. The summed E-state index contributed by atoms with van der Waals surface area (Å²) in [7, 11) is 0. The lowest BCUT2D eigenvalue weighted by molar-refractivity contribution is -0.385. The molecule has 1 heterocycles. The molecule has 1 aliphatic rings. The van der Waals surface area contributed by atoms with Gasteiger partial charge in [-0.3, -0.25) is 10.1 Å². The maximum Gasteiger partial charge on any atom is 0.270 e. The van der Waals surface area contributed by atoms with Gasteiger partial charge >= 0.3 is 0 Å². The average Bonchev–Trinajstić information content (AvgIpc) is 2.42. The summed E-state index contributed by atoms with van der Waals surface area (Å²) in [5, 5.41) is 10.8. The highest BCUT2D eigenvalue weighted by atomic mass is 19.1. The van der Waals surface area contributed by atoms with Gasteiger partial charge in [-0.1, -0.05) is 0 Å². The summed E-state index contributed by atoms with van der Waals surface area (Å²) in [5.74, 6) is -0.846. The standard InChI is InChI=1S/C13H13F3N2O3/c1-7-17-13(2,12(16)11(6-14)21-7)9-5-8(18(19)20)3-4-10(9)15/h3-5,11-12H,6H2,1-2H3/t11-,12+,13-/m1/s1. The van der Waals surface area contributed by atoms with Gasteiger partial charge in [0.15, 0.2) is 18.2 Å². The second-order valence-corrected chi connectivity index (χ2v) is 4.91. The third kappa shape index (κ3) is 2.57. The van der Waals surface area contributed by atoms with Crippen LogP contribution in [0.3, 0.4) is 0 Å². The van der Waals surface area contributed by atoms with Crippen LogP contribution < -0.4 is 0 Å². The van der Waals surface area contributed by atoms with E-state index in [9.17, 15) is 23.3 Å². The molecule has 0 unspecified atom stereocenters. The monoisotopic (exact) mass is 302 g/mol. The van der Waals surface area contributed by atoms with Gasteiger partial charge in [-0.2, -0.15) is 0 Å². The lowest BCUT2D eigenvalue weighted by Gasteiger charge is -2.37. The molecular formula is C13H13F3N2O3. The average molecular weight is 302 g/mol. The van der Waals surface area contributed by atoms with Gasteiger partial charge in [-0.25, -0.2) is 18.2 Å². The fourth-order valence-corrected chi connectivity index (χ4v) is 2.39. The number of halogens is 3. The van der Waals surface area contributed by atoms with Gasteiger partial charge in [0.25, 0.3) is 5.69 Å². The minimum Gasteiger partial charge on any atom is -0.472 e. The van der Waals surface area contributed by atoms with Gasteiger partial charge in [0.05, 0.1) is 4.92 Å². The molecule has 0 saturated heterocycles. The highest BCUT2D eigenvalue weighted by Crippen LogP contribution is 2.39. The molecule has 1 aromatic carbocycles. The number of ether oxygens (including phenoxy) is 1. The van der Waals surface area contributed by atoms with Crippen LogP contribution in [0.4, 0.5) is 18.9 Å². The van der Waals surface area contributed by atoms with Crippen molar-refractivity contribution in [1.29, 1.82) is 0 Å². The number of hydrogen-bond acceptors (Lipinski definition) is 4. The van der Waals surface area contributed by atoms with E-state index in [1.54, 1.807) is 0 Å². The molecule has 0 N–H and O–H groups in total. The zero-order valence-corrected chi connectivity index (χ0v) is 11.3. The lowest BCUT2D eigenvalue weighted by Crippen LogP contribution is -2.48. The summed E-state index contributed by atoms with van der Waals surface area (Å²) in [6.07, 6.45) is -3.39. The van der Waals surface area contributed by atoms with Crippen LogP contribution in [0.25, 0.3) is 0 Å². The Morgan fingerprint density at radius 1 is 1.52 bits per heavy atom. The lowest BCUT2D eigenvalue weighted by atomic mass is 9.84. The van der Waals surface area contributed by atoms with Crippen LogP contribution in [0.5, 0.6) is 0 Å². The molecule has 0 amide bonds. The van der Waals surface area contributed by atoms with E-state index in [1.165, 1.54) is 13.8 Å². The van der Waals surface area contributed by atoms with Gasteiger partial charge in [-0.15, -0.1) is 0 Å². The van der Waals surface area contributed by atoms with Gasteiger partial charge in [0.1, 0.15) is 18.0 Å². The largest absolute Gasteiger partial charge is 0.472 e. The van der Waals surface area contributed by atoms with Crippen LogP contribution in [-0.4, -0.2) is 29.8 Å². The van der Waals surface area contributed by atoms with Crippen LogP contribution in [-0.2, 0) is 10.3 Å². The Hall–Kier alpha value is -2.12. The van der Waals surface area contributed by atoms with E-state index in [1.807, 2.05) is 0 Å². The molecule has 0 bridgehead atoms. The highest BCUT2D eigenvalue weighted by molar-refractivity contribution is 5.75. The number of nitro benzene ring substituents is 1. The van der Waals surface area contributed by atoms with Crippen molar-refractivity contribution in [3.8, 4) is 0 Å². The van der Waals surface area contributed by atoms with E-state index in [2.05, 4.69) is 4.99 Å². The number of nitro groups is 1. The highest BCUT2D eigenvalue weighted by Gasteiger charge is 2.47. The number of rotatable bonds is 3. The van der Waals surface area contributed by atoms with E-state index in [-0.39, 0.29) is 11.5 Å². The summed E-state index contributed by atoms with van der Waals surface area (Å²) >= 11 is 0. The first-order valence-electron chi connectivity index (χ1n) is 6.17. The maximum absolute atomic E-state index is 14.5. The van der Waals surface area contributed by atoms with Crippen LogP contribution in [0.1, 0.15) is 19.4 Å². The predicted octanol–water partition coefficient (Wildman–Crippen LogP) is 3.07. The molecule has 1 aliphatic heterocycles. The fraction of sp³-hybridized carbons (Fsp3) is 0.462. The first-order valence-corrected chi connectivity index (χ1v) is 6.17. The number of benzene rings is 1. The molecular weight excluding hydrogens is 289 g/mol. The SMILES string of the molecule is CC1=N[C@](C)(c2cc([N+](=O)[O-])ccc2F)[C@@H](F)[C@@H](CF)O1. The molecule has 21 heavy (non-hydrogen) atoms. The van der Waals surface area contributed by atoms with Crippen LogP contribution in [0, 0.1) is 15.9 Å². The second-order valence-electron chi connectivity index (χ2n) is 4.91. The smallest absolute Gasteiger partial charge is 0.270 e. The van der Waals surface area contributed by atoms with Gasteiger partial charge in [-0.05, 0) is 13.0 Å². The zero-order chi connectivity index (χ0) is 15.8. The Morgan fingerprint density at radius 2 is 2.19 bits per heavy atom. The molecule has 2 rings (SSSR count). The Kier molecular flexibility index (Phi) is 3.89. The van der Waals surface area contributed by atoms with Crippen LogP contribution >= 0.6 is 0 Å². The maximum atomic E-state index is 14.5. The number of hydrogen-bond donors (Lipinski definition) is 0. The normalized spacial score (nSPS) is 28.7. The fourth-order valence-electron chi connectivity index (χ4n) is 2.39. The summed E-state index contributed by atoms with van der Waals surface area (Å²) in [6, 6.07) is 2.76. The van der Waals surface area contributed by atoms with Crippen molar-refractivity contribution in [1.82, 2.24) is 0 Å². The van der Waals surface area contributed by atoms with E-state index in [4.69, 9.17) is 4.74 Å². The quantitative estimate of drug-likeness (QED) is 0.636. The summed E-state index contributed by atoms with van der Waals surface area (Å²) in [4.78, 5) is 14.0. The zero-order valence-electron chi connectivity index (χ0n) is 11.3. The molecule has 0 saturated carbocycles. The minimum atomic E-state index is -1.97. The van der Waals surface area contributed by atoms with Crippen molar-refractivity contribution in [2.24, 2.45) is 4.99 Å². The van der Waals surface area contributed by atoms with Gasteiger partial charge < -0.3 is 4.74 Å². The summed E-state index contributed by atoms with van der Waals surface area (Å²) < 4.78 is 46.2. The van der Waals surface area contributed by atoms with Crippen molar-refractivity contribution in [2.75, 3.05) is 6.67 Å². The topological polar surface area (TPSA) is 64.7 Å². The Balaban J connectivity index is 2.59. The number of aliphatic imine (C=N–C) groups is 1. The Bertz CT molecular complexity index is 608. The molecule has 0 aliphatic carbocycles. The number of alkyl halides is 2. The van der Waals surface area contributed by atoms with Gasteiger partial charge in [0.2, 0.25) is 0 Å². The first-order chi connectivity index (χ1) is 9.79. The third-order valence-corrected chi connectivity index (χ3v) is 3.43. The van der Waals surface area contributed by atoms with Crippen molar-refractivity contribution >= 4 is 11.6 Å². The number of nitrogens with zero attached hydrogens (tertiary/aromatic N) is 2. The minimum absolute atomic E-state index is 0.0000406. The first kappa shape index (κ1) is 15.3. The molecule has 0 radical (unpaired) electrons. The van der Waals surface area contributed by atoms with Crippen molar-refractivity contribution < 1.29 is 22.8 Å². The summed E-state index contributed by atoms with van der Waals surface area (Å²) in [6.45, 7) is 1.54. The van der Waals surface area contributed by atoms with Crippen molar-refractivity contribution in [3.63, 3.8) is 0 Å². The Morgan fingerprint density at radius 3 is 2.76 bits per heavy atom. The van der Waals surface area contributed by atoms with E-state index >= 15 is 0 Å². The molecule has 0 spiro atoms. The molecule has 3 atom stereocenters. The summed E-state index contributed by atoms with van der Waals surface area (Å²) in [5.41, 5.74) is -2.48. The molecule has 8 heteroatoms. The van der Waals surface area contributed by atoms with Crippen molar-refractivity contribution in [3.05, 3.63) is 39.7 Å². The third-order valence-electron chi connectivity index (χ3n) is 3.43. The van der Waals surface area contributed by atoms with Gasteiger partial charge in [0, 0.05) is 24.6 Å². The van der Waals surface area contributed by atoms with Crippen molar-refractivity contribution in [2.45, 2.75) is 31.7 Å². The molecule has 5 nitrogen and oxygen atoms in total. The predicted molar refractivity (Wildman–Crippen MR) is 69.3 cm³/mol. The molecule has 114 valence electrons. The van der Waals surface area contributed by atoms with E-state index < -0.39 is 40.9 Å². The van der Waals surface area contributed by atoms with Crippen LogP contribution in [0.2, 0.25) is 0 Å². The molecule has 1 aromatic rings. The van der Waals surface area contributed by atoms with Crippen LogP contribution in [0.15, 0.2) is 23.2 Å². The molecule has 0 fully saturated rings. The number of non-ortho nitro benzene ring substituents is 1. The van der Waals surface area contributed by atoms with E-state index in [0.29, 0.717) is 0 Å².